The number of rotatable bonds is 9. The molecule has 3 heterocycles. The van der Waals surface area contributed by atoms with Gasteiger partial charge in [0.2, 0.25) is 0 Å². The number of ether oxygens (including phenoxy) is 6. The van der Waals surface area contributed by atoms with Gasteiger partial charge in [-0.15, -0.1) is 0 Å². The van der Waals surface area contributed by atoms with Crippen LogP contribution in [0.4, 0.5) is 11.4 Å². The van der Waals surface area contributed by atoms with Gasteiger partial charge in [0, 0.05) is 43.4 Å². The molecule has 0 unspecified atom stereocenters. The van der Waals surface area contributed by atoms with E-state index in [9.17, 15) is 55.4 Å². The smallest absolute Gasteiger partial charge is 0.317 e. The normalized spacial score (nSPS) is 41.6. The molecular formula is C43H71N3O18. The van der Waals surface area contributed by atoms with E-state index in [2.05, 4.69) is 0 Å². The van der Waals surface area contributed by atoms with Crippen LogP contribution in [0.25, 0.3) is 0 Å². The lowest BCUT2D eigenvalue weighted by Crippen LogP contribution is -2.61. The molecule has 21 heteroatoms. The summed E-state index contributed by atoms with van der Waals surface area (Å²) in [7, 11) is 5.18. The highest BCUT2D eigenvalue weighted by Gasteiger charge is 2.53. The number of non-ortho nitro benzene ring substituents is 1. The maximum atomic E-state index is 14.1. The van der Waals surface area contributed by atoms with Gasteiger partial charge in [-0.1, -0.05) is 27.7 Å². The molecule has 0 aromatic heterocycles. The second-order valence-corrected chi connectivity index (χ2v) is 18.7. The standard InChI is InChI=1S/C37H67NO13.C6H4N2O5/c1-14-25-37(10,45)30(41)20(4)27(39)18(2)16-35(8,44)32(51-34-28(40)24(38(11)12)15-19(3)47-34)21(5)29(22(6)33(43)49-25)50-26-17-36(9,46-13)31(42)23(7)48-26;9-6-2-1-4(7(10)11)3-5(6)8(12)13/h18-26,28-32,34,40-42,44-45H,14-17H2,1-13H3;1-3,9H/t18-,19-,20+,21+,22-,23+,24+,25-,26+,28-,29+,30-,31+,32-,34+,35-,36-,37-;/m1./s1. The lowest BCUT2D eigenvalue weighted by Gasteiger charge is -2.49. The highest BCUT2D eigenvalue weighted by atomic mass is 16.7. The van der Waals surface area contributed by atoms with Crippen molar-refractivity contribution in [2.45, 2.75) is 179 Å². The molecule has 3 aliphatic rings. The summed E-state index contributed by atoms with van der Waals surface area (Å²) >= 11 is 0. The number of aliphatic hydroxyl groups is 5. The molecule has 1 aromatic rings. The number of nitro groups is 2. The summed E-state index contributed by atoms with van der Waals surface area (Å²) in [6, 6.07) is 2.28. The Kier molecular flexibility index (Phi) is 18.8. The number of Topliss-reactive ketones (excluding diaryl/α,β-unsaturated/α-hetero) is 1. The van der Waals surface area contributed by atoms with Crippen LogP contribution in [-0.4, -0.2) is 163 Å². The molecule has 0 spiro atoms. The summed E-state index contributed by atoms with van der Waals surface area (Å²) in [5.41, 5.74) is -5.94. The van der Waals surface area contributed by atoms with Crippen LogP contribution in [0.5, 0.6) is 5.75 Å². The molecule has 1 aromatic carbocycles. The van der Waals surface area contributed by atoms with E-state index in [1.807, 2.05) is 25.9 Å². The highest BCUT2D eigenvalue weighted by molar-refractivity contribution is 5.83. The van der Waals surface area contributed by atoms with Gasteiger partial charge in [-0.2, -0.15) is 0 Å². The van der Waals surface area contributed by atoms with E-state index in [1.165, 1.54) is 27.9 Å². The minimum absolute atomic E-state index is 0.0936. The fraction of sp³-hybridized carbons (Fsp3) is 0.814. The fourth-order valence-electron chi connectivity index (χ4n) is 9.18. The molecule has 0 aliphatic carbocycles. The molecule has 64 heavy (non-hydrogen) atoms. The van der Waals surface area contributed by atoms with E-state index < -0.39 is 135 Å². The summed E-state index contributed by atoms with van der Waals surface area (Å²) in [5, 5.41) is 86.9. The number of nitrogens with zero attached hydrogens (tertiary/aromatic N) is 3. The number of cyclic esters (lactones) is 1. The molecule has 0 amide bonds. The number of methoxy groups -OCH3 is 1. The number of hydrogen-bond acceptors (Lipinski definition) is 19. The first-order valence-corrected chi connectivity index (χ1v) is 21.6. The number of likely N-dealkylation sites (N-methyl/N-ethyl adjacent to an activating group) is 1. The van der Waals surface area contributed by atoms with Crippen LogP contribution in [0.15, 0.2) is 18.2 Å². The molecule has 21 nitrogen and oxygen atoms in total. The second-order valence-electron chi connectivity index (χ2n) is 18.7. The van der Waals surface area contributed by atoms with Gasteiger partial charge in [-0.05, 0) is 81.0 Å². The summed E-state index contributed by atoms with van der Waals surface area (Å²) < 4.78 is 37.1. The lowest BCUT2D eigenvalue weighted by atomic mass is 9.74. The fourth-order valence-corrected chi connectivity index (χ4v) is 9.18. The Bertz CT molecular complexity index is 1760. The van der Waals surface area contributed by atoms with Crippen molar-refractivity contribution in [1.82, 2.24) is 4.90 Å². The van der Waals surface area contributed by atoms with E-state index in [4.69, 9.17) is 33.5 Å². The van der Waals surface area contributed by atoms with Crippen molar-refractivity contribution in [3.05, 3.63) is 38.4 Å². The summed E-state index contributed by atoms with van der Waals surface area (Å²) in [5.74, 6) is -5.56. The number of ketones is 1. The molecule has 6 N–H and O–H groups in total. The maximum absolute atomic E-state index is 14.1. The molecule has 0 bridgehead atoms. The molecule has 18 atom stereocenters. The topological polar surface area (TPSA) is 300 Å². The number of phenolic OH excluding ortho intramolecular Hbond substituents is 1. The maximum Gasteiger partial charge on any atom is 0.317 e. The third-order valence-corrected chi connectivity index (χ3v) is 13.2. The van der Waals surface area contributed by atoms with Crippen LogP contribution in [0.3, 0.4) is 0 Å². The molecule has 0 radical (unpaired) electrons. The monoisotopic (exact) mass is 917 g/mol. The van der Waals surface area contributed by atoms with Crippen molar-refractivity contribution in [1.29, 1.82) is 0 Å². The molecule has 3 saturated heterocycles. The number of esters is 1. The van der Waals surface area contributed by atoms with Crippen LogP contribution in [0, 0.1) is 43.9 Å². The van der Waals surface area contributed by atoms with Crippen LogP contribution in [-0.2, 0) is 38.0 Å². The Balaban J connectivity index is 0.000000715. The number of aromatic hydroxyl groups is 1. The number of hydrogen-bond donors (Lipinski definition) is 6. The average molecular weight is 918 g/mol. The number of carbonyl (C=O) groups excluding carboxylic acids is 2. The van der Waals surface area contributed by atoms with Gasteiger partial charge >= 0.3 is 11.7 Å². The van der Waals surface area contributed by atoms with E-state index in [0.29, 0.717) is 12.5 Å². The molecule has 3 fully saturated rings. The number of aliphatic hydroxyl groups excluding tert-OH is 3. The van der Waals surface area contributed by atoms with Crippen LogP contribution in [0.2, 0.25) is 0 Å². The van der Waals surface area contributed by atoms with Crippen LogP contribution >= 0.6 is 0 Å². The van der Waals surface area contributed by atoms with Gasteiger partial charge in [0.1, 0.15) is 29.7 Å². The van der Waals surface area contributed by atoms with Crippen LogP contribution < -0.4 is 0 Å². The van der Waals surface area contributed by atoms with E-state index in [-0.39, 0.29) is 31.4 Å². The summed E-state index contributed by atoms with van der Waals surface area (Å²) in [4.78, 5) is 48.5. The summed E-state index contributed by atoms with van der Waals surface area (Å²) in [6.45, 7) is 16.3. The minimum atomic E-state index is -1.99. The van der Waals surface area contributed by atoms with Crippen molar-refractivity contribution in [2.24, 2.45) is 23.7 Å². The van der Waals surface area contributed by atoms with Gasteiger partial charge in [0.15, 0.2) is 18.3 Å². The van der Waals surface area contributed by atoms with E-state index in [1.54, 1.807) is 41.5 Å². The number of benzene rings is 1. The zero-order valence-corrected chi connectivity index (χ0v) is 39.1. The van der Waals surface area contributed by atoms with E-state index >= 15 is 0 Å². The predicted molar refractivity (Wildman–Crippen MR) is 228 cm³/mol. The van der Waals surface area contributed by atoms with Gasteiger partial charge in [0.05, 0.1) is 63.6 Å². The Labute approximate surface area is 374 Å². The zero-order chi connectivity index (χ0) is 49.0. The second kappa shape index (κ2) is 21.9. The van der Waals surface area contributed by atoms with Crippen molar-refractivity contribution in [2.75, 3.05) is 21.2 Å². The Morgan fingerprint density at radius 2 is 1.50 bits per heavy atom. The average Bonchev–Trinajstić information content (AvgIpc) is 3.21. The van der Waals surface area contributed by atoms with Crippen LogP contribution in [0.1, 0.15) is 94.9 Å². The van der Waals surface area contributed by atoms with Crippen molar-refractivity contribution >= 4 is 23.1 Å². The van der Waals surface area contributed by atoms with Crippen molar-refractivity contribution < 1.29 is 78.5 Å². The molecule has 366 valence electrons. The number of nitro benzene ring substituents is 2. The van der Waals surface area contributed by atoms with Crippen molar-refractivity contribution in [3.63, 3.8) is 0 Å². The van der Waals surface area contributed by atoms with Gasteiger partial charge in [0.25, 0.3) is 5.69 Å². The zero-order valence-electron chi connectivity index (χ0n) is 39.1. The molecular weight excluding hydrogens is 846 g/mol. The number of phenols is 1. The van der Waals surface area contributed by atoms with Gasteiger partial charge in [-0.25, -0.2) is 0 Å². The largest absolute Gasteiger partial charge is 0.502 e. The van der Waals surface area contributed by atoms with Crippen molar-refractivity contribution in [3.8, 4) is 5.75 Å². The Morgan fingerprint density at radius 1 is 0.891 bits per heavy atom. The third-order valence-electron chi connectivity index (χ3n) is 13.2. The summed E-state index contributed by atoms with van der Waals surface area (Å²) in [6.07, 6.45) is -9.71. The van der Waals surface area contributed by atoms with Gasteiger partial charge < -0.3 is 64.0 Å². The highest BCUT2D eigenvalue weighted by Crippen LogP contribution is 2.41. The first-order chi connectivity index (χ1) is 29.4. The van der Waals surface area contributed by atoms with Gasteiger partial charge in [-0.3, -0.25) is 29.8 Å². The SMILES string of the molecule is CC[C@H]1OC(=O)[C@H](C)[C@@H](O[C@H]2C[C@@](C)(OC)[C@@H](O)[C@H](C)O2)[C@H](C)[C@@H](O[C@@H]2O[C@H](C)C[C@H](N(C)C)[C@H]2O)[C@](C)(O)C[C@@H](C)C(=O)[C@H](C)[C@@H](O)[C@]1(C)O.O=[N+]([O-])c1ccc(O)c([N+](=O)[O-])c1. The number of carbonyl (C=O) groups is 2. The molecule has 4 rings (SSSR count). The Morgan fingerprint density at radius 3 is 2.03 bits per heavy atom. The molecule has 0 saturated carbocycles. The quantitative estimate of drug-likeness (QED) is 0.118. The minimum Gasteiger partial charge on any atom is -0.502 e. The predicted octanol–water partition coefficient (Wildman–Crippen LogP) is 2.99. The first-order valence-electron chi connectivity index (χ1n) is 21.6. The Hall–Kier alpha value is -3.48. The lowest BCUT2D eigenvalue weighted by molar-refractivity contribution is -0.394. The molecule has 3 aliphatic heterocycles. The van der Waals surface area contributed by atoms with E-state index in [0.717, 1.165) is 12.1 Å². The third kappa shape index (κ3) is 12.5. The first kappa shape index (κ1) is 54.9.